The normalized spacial score (nSPS) is 10.6. The van der Waals surface area contributed by atoms with E-state index in [9.17, 15) is 4.79 Å². The molecule has 0 aliphatic carbocycles. The van der Waals surface area contributed by atoms with Crippen molar-refractivity contribution >= 4 is 22.5 Å². The second kappa shape index (κ2) is 3.79. The Balaban J connectivity index is 1.98. The average Bonchev–Trinajstić information content (AvgIpc) is 2.97. The van der Waals surface area contributed by atoms with E-state index in [-0.39, 0.29) is 5.91 Å². The van der Waals surface area contributed by atoms with Gasteiger partial charge in [-0.2, -0.15) is 5.10 Å². The van der Waals surface area contributed by atoms with E-state index in [1.54, 1.807) is 18.5 Å². The predicted molar refractivity (Wildman–Crippen MR) is 64.8 cm³/mol. The predicted octanol–water partition coefficient (Wildman–Crippen LogP) is 2.14. The molecule has 1 aromatic carbocycles. The van der Waals surface area contributed by atoms with Gasteiger partial charge >= 0.3 is 0 Å². The number of H-pyrrole nitrogens is 2. The first-order valence-electron chi connectivity index (χ1n) is 5.21. The number of carbonyl (C=O) groups is 1. The first kappa shape index (κ1) is 9.65. The molecule has 0 atom stereocenters. The first-order valence-corrected chi connectivity index (χ1v) is 5.21. The molecular weight excluding hydrogens is 216 g/mol. The molecule has 84 valence electrons. The van der Waals surface area contributed by atoms with Crippen molar-refractivity contribution in [3.8, 4) is 0 Å². The third-order valence-electron chi connectivity index (χ3n) is 2.59. The first-order chi connectivity index (χ1) is 8.34. The smallest absolute Gasteiger partial charge is 0.257 e. The van der Waals surface area contributed by atoms with Gasteiger partial charge in [-0.3, -0.25) is 9.89 Å². The minimum Gasteiger partial charge on any atom is -0.361 e. The fraction of sp³-hybridized carbons (Fsp3) is 0. The summed E-state index contributed by atoms with van der Waals surface area (Å²) in [5.41, 5.74) is 2.11. The molecule has 0 unspecified atom stereocenters. The molecule has 3 N–H and O–H groups in total. The second-order valence-electron chi connectivity index (χ2n) is 3.69. The molecule has 0 saturated heterocycles. The van der Waals surface area contributed by atoms with Crippen LogP contribution in [0.25, 0.3) is 10.9 Å². The van der Waals surface area contributed by atoms with Gasteiger partial charge in [-0.05, 0) is 12.1 Å². The van der Waals surface area contributed by atoms with Crippen LogP contribution in [0.1, 0.15) is 10.4 Å². The Kier molecular flexibility index (Phi) is 2.15. The summed E-state index contributed by atoms with van der Waals surface area (Å²) in [7, 11) is 0. The zero-order valence-corrected chi connectivity index (χ0v) is 8.90. The Hall–Kier alpha value is -2.56. The summed E-state index contributed by atoms with van der Waals surface area (Å²) in [6, 6.07) is 7.54. The second-order valence-corrected chi connectivity index (χ2v) is 3.69. The number of carbonyl (C=O) groups excluding carboxylic acids is 1. The van der Waals surface area contributed by atoms with Gasteiger partial charge in [-0.1, -0.05) is 12.1 Å². The van der Waals surface area contributed by atoms with Crippen LogP contribution in [-0.2, 0) is 0 Å². The molecule has 0 spiro atoms. The van der Waals surface area contributed by atoms with Crippen molar-refractivity contribution in [2.75, 3.05) is 5.32 Å². The zero-order chi connectivity index (χ0) is 11.7. The molecule has 0 aliphatic heterocycles. The Morgan fingerprint density at radius 3 is 3.06 bits per heavy atom. The third kappa shape index (κ3) is 1.67. The van der Waals surface area contributed by atoms with Crippen LogP contribution >= 0.6 is 0 Å². The van der Waals surface area contributed by atoms with Gasteiger partial charge in [0.2, 0.25) is 0 Å². The molecule has 3 aromatic rings. The SMILES string of the molecule is O=C(Nc1cn[nH]c1)c1cccc2cc[nH]c12. The minimum atomic E-state index is -0.153. The highest BCUT2D eigenvalue weighted by molar-refractivity contribution is 6.11. The maximum absolute atomic E-state index is 12.1. The van der Waals surface area contributed by atoms with Crippen LogP contribution in [0.15, 0.2) is 42.9 Å². The van der Waals surface area contributed by atoms with Crippen molar-refractivity contribution in [2.45, 2.75) is 0 Å². The fourth-order valence-electron chi connectivity index (χ4n) is 1.79. The molecule has 5 heteroatoms. The summed E-state index contributed by atoms with van der Waals surface area (Å²) in [5, 5.41) is 10.2. The lowest BCUT2D eigenvalue weighted by Gasteiger charge is -2.03. The van der Waals surface area contributed by atoms with Gasteiger partial charge in [0.05, 0.1) is 23.0 Å². The summed E-state index contributed by atoms with van der Waals surface area (Å²) >= 11 is 0. The highest BCUT2D eigenvalue weighted by Crippen LogP contribution is 2.18. The Morgan fingerprint density at radius 1 is 1.29 bits per heavy atom. The van der Waals surface area contributed by atoms with Gasteiger partial charge < -0.3 is 10.3 Å². The van der Waals surface area contributed by atoms with E-state index in [0.29, 0.717) is 11.3 Å². The number of aromatic amines is 2. The van der Waals surface area contributed by atoms with Crippen LogP contribution in [0.2, 0.25) is 0 Å². The number of benzene rings is 1. The number of nitrogens with zero attached hydrogens (tertiary/aromatic N) is 1. The number of hydrogen-bond donors (Lipinski definition) is 3. The molecule has 0 bridgehead atoms. The molecule has 3 rings (SSSR count). The van der Waals surface area contributed by atoms with Crippen molar-refractivity contribution in [2.24, 2.45) is 0 Å². The van der Waals surface area contributed by atoms with Crippen LogP contribution in [0.5, 0.6) is 0 Å². The van der Waals surface area contributed by atoms with Crippen molar-refractivity contribution < 1.29 is 4.79 Å². The zero-order valence-electron chi connectivity index (χ0n) is 8.90. The number of hydrogen-bond acceptors (Lipinski definition) is 2. The quantitative estimate of drug-likeness (QED) is 0.626. The molecule has 0 fully saturated rings. The van der Waals surface area contributed by atoms with E-state index in [4.69, 9.17) is 0 Å². The number of nitrogens with one attached hydrogen (secondary N) is 3. The highest BCUT2D eigenvalue weighted by atomic mass is 16.1. The van der Waals surface area contributed by atoms with E-state index in [1.807, 2.05) is 24.4 Å². The molecule has 0 aliphatic rings. The average molecular weight is 226 g/mol. The molecule has 1 amide bonds. The van der Waals surface area contributed by atoms with Gasteiger partial charge in [0.1, 0.15) is 0 Å². The Morgan fingerprint density at radius 2 is 2.24 bits per heavy atom. The van der Waals surface area contributed by atoms with Gasteiger partial charge in [0.15, 0.2) is 0 Å². The summed E-state index contributed by atoms with van der Waals surface area (Å²) in [6.45, 7) is 0. The van der Waals surface area contributed by atoms with Crippen LogP contribution in [0, 0.1) is 0 Å². The molecule has 17 heavy (non-hydrogen) atoms. The molecule has 0 saturated carbocycles. The van der Waals surface area contributed by atoms with Crippen LogP contribution in [0.4, 0.5) is 5.69 Å². The number of aromatic nitrogens is 3. The number of fused-ring (bicyclic) bond motifs is 1. The van der Waals surface area contributed by atoms with E-state index < -0.39 is 0 Å². The summed E-state index contributed by atoms with van der Waals surface area (Å²) in [4.78, 5) is 15.1. The van der Waals surface area contributed by atoms with Gasteiger partial charge in [-0.25, -0.2) is 0 Å². The number of anilines is 1. The summed E-state index contributed by atoms with van der Waals surface area (Å²) < 4.78 is 0. The number of rotatable bonds is 2. The van der Waals surface area contributed by atoms with Crippen LogP contribution in [-0.4, -0.2) is 21.1 Å². The maximum Gasteiger partial charge on any atom is 0.257 e. The van der Waals surface area contributed by atoms with E-state index in [0.717, 1.165) is 10.9 Å². The number of amides is 1. The maximum atomic E-state index is 12.1. The summed E-state index contributed by atoms with van der Waals surface area (Å²) in [5.74, 6) is -0.153. The van der Waals surface area contributed by atoms with Gasteiger partial charge in [0.25, 0.3) is 5.91 Å². The minimum absolute atomic E-state index is 0.153. The van der Waals surface area contributed by atoms with Gasteiger partial charge in [-0.15, -0.1) is 0 Å². The molecular formula is C12H10N4O. The van der Waals surface area contributed by atoms with Crippen LogP contribution in [0.3, 0.4) is 0 Å². The Bertz CT molecular complexity index is 654. The van der Waals surface area contributed by atoms with Crippen molar-refractivity contribution in [3.05, 3.63) is 48.4 Å². The lowest BCUT2D eigenvalue weighted by Crippen LogP contribution is -2.11. The monoisotopic (exact) mass is 226 g/mol. The topological polar surface area (TPSA) is 73.6 Å². The Labute approximate surface area is 96.9 Å². The van der Waals surface area contributed by atoms with Crippen LogP contribution < -0.4 is 5.32 Å². The largest absolute Gasteiger partial charge is 0.361 e. The molecule has 5 nitrogen and oxygen atoms in total. The lowest BCUT2D eigenvalue weighted by atomic mass is 10.1. The molecule has 0 radical (unpaired) electrons. The van der Waals surface area contributed by atoms with E-state index in [2.05, 4.69) is 20.5 Å². The summed E-state index contributed by atoms with van der Waals surface area (Å²) in [6.07, 6.45) is 5.01. The standard InChI is InChI=1S/C12H10N4O/c17-12(16-9-6-14-15-7-9)10-3-1-2-8-4-5-13-11(8)10/h1-7,13H,(H,14,15)(H,16,17). The van der Waals surface area contributed by atoms with Crippen molar-refractivity contribution in [1.29, 1.82) is 0 Å². The van der Waals surface area contributed by atoms with Crippen molar-refractivity contribution in [1.82, 2.24) is 15.2 Å². The highest BCUT2D eigenvalue weighted by Gasteiger charge is 2.10. The third-order valence-corrected chi connectivity index (χ3v) is 2.59. The lowest BCUT2D eigenvalue weighted by molar-refractivity contribution is 0.102. The molecule has 2 aromatic heterocycles. The van der Waals surface area contributed by atoms with E-state index >= 15 is 0 Å². The van der Waals surface area contributed by atoms with Gasteiger partial charge in [0, 0.05) is 17.8 Å². The molecule has 2 heterocycles. The fourth-order valence-corrected chi connectivity index (χ4v) is 1.79. The number of para-hydroxylation sites is 1. The van der Waals surface area contributed by atoms with Crippen molar-refractivity contribution in [3.63, 3.8) is 0 Å². The van der Waals surface area contributed by atoms with E-state index in [1.165, 1.54) is 0 Å².